The minimum atomic E-state index is -1.51. The van der Waals surface area contributed by atoms with Crippen molar-refractivity contribution in [2.75, 3.05) is 13.6 Å². The van der Waals surface area contributed by atoms with E-state index in [0.29, 0.717) is 5.56 Å². The first-order valence-corrected chi connectivity index (χ1v) is 11.6. The molecule has 0 heterocycles. The first kappa shape index (κ1) is 30.9. The van der Waals surface area contributed by atoms with Gasteiger partial charge in [0.25, 0.3) is 0 Å². The van der Waals surface area contributed by atoms with Crippen molar-refractivity contribution in [3.63, 3.8) is 0 Å². The zero-order valence-corrected chi connectivity index (χ0v) is 21.3. The molecular weight excluding hydrogens is 486 g/mol. The van der Waals surface area contributed by atoms with Gasteiger partial charge in [0.1, 0.15) is 23.9 Å². The number of amides is 5. The van der Waals surface area contributed by atoms with Crippen LogP contribution in [0.25, 0.3) is 0 Å². The van der Waals surface area contributed by atoms with Crippen LogP contribution in [0.2, 0.25) is 0 Å². The summed E-state index contributed by atoms with van der Waals surface area (Å²) in [5.41, 5.74) is 5.80. The minimum Gasteiger partial charge on any atom is -0.508 e. The number of aliphatic carboxylic acids is 1. The van der Waals surface area contributed by atoms with Crippen LogP contribution in [-0.4, -0.2) is 82.3 Å². The molecule has 0 aliphatic carbocycles. The normalized spacial score (nSPS) is 13.1. The molecule has 37 heavy (non-hydrogen) atoms. The number of nitrogens with zero attached hydrogens (tertiary/aromatic N) is 1. The molecule has 3 unspecified atom stereocenters. The number of nitrogens with two attached hydrogens (primary N) is 1. The molecule has 0 saturated heterocycles. The summed E-state index contributed by atoms with van der Waals surface area (Å²) < 4.78 is 0. The van der Waals surface area contributed by atoms with E-state index in [9.17, 15) is 33.9 Å². The fourth-order valence-electron chi connectivity index (χ4n) is 3.47. The van der Waals surface area contributed by atoms with Crippen LogP contribution in [0, 0.1) is 5.92 Å². The van der Waals surface area contributed by atoms with Gasteiger partial charge in [0.15, 0.2) is 0 Å². The second-order valence-corrected chi connectivity index (χ2v) is 9.06. The predicted molar refractivity (Wildman–Crippen MR) is 132 cm³/mol. The number of hydrogen-bond donors (Lipinski definition) is 6. The molecule has 5 amide bonds. The Morgan fingerprint density at radius 3 is 2.08 bits per heavy atom. The monoisotopic (exact) mass is 521 g/mol. The molecule has 0 aromatic heterocycles. The average Bonchev–Trinajstić information content (AvgIpc) is 2.79. The number of carboxylic acid groups (broad SMARTS) is 1. The summed E-state index contributed by atoms with van der Waals surface area (Å²) in [5, 5.41) is 25.8. The van der Waals surface area contributed by atoms with Crippen LogP contribution in [0.4, 0.5) is 0 Å². The first-order chi connectivity index (χ1) is 17.2. The highest BCUT2D eigenvalue weighted by molar-refractivity contribution is 5.95. The largest absolute Gasteiger partial charge is 0.508 e. The fourth-order valence-corrected chi connectivity index (χ4v) is 3.47. The Bertz CT molecular complexity index is 995. The lowest BCUT2D eigenvalue weighted by atomic mass is 9.99. The Morgan fingerprint density at radius 1 is 1.00 bits per heavy atom. The van der Waals surface area contributed by atoms with Gasteiger partial charge < -0.3 is 36.8 Å². The molecule has 0 aliphatic rings. The molecule has 1 aromatic rings. The van der Waals surface area contributed by atoms with Gasteiger partial charge in [-0.25, -0.2) is 0 Å². The van der Waals surface area contributed by atoms with Crippen molar-refractivity contribution < 1.29 is 39.0 Å². The van der Waals surface area contributed by atoms with E-state index >= 15 is 0 Å². The van der Waals surface area contributed by atoms with Crippen molar-refractivity contribution in [2.45, 2.75) is 58.2 Å². The molecule has 13 nitrogen and oxygen atoms in total. The van der Waals surface area contributed by atoms with Crippen LogP contribution in [0.1, 0.15) is 39.2 Å². The maximum atomic E-state index is 13.5. The fraction of sp³-hybridized carbons (Fsp3) is 0.500. The van der Waals surface area contributed by atoms with Gasteiger partial charge >= 0.3 is 5.97 Å². The highest BCUT2D eigenvalue weighted by atomic mass is 16.4. The number of nitrogens with one attached hydrogen (secondary N) is 3. The molecule has 204 valence electrons. The molecular formula is C24H35N5O8. The zero-order valence-electron chi connectivity index (χ0n) is 21.3. The zero-order chi connectivity index (χ0) is 28.3. The van der Waals surface area contributed by atoms with Gasteiger partial charge in [-0.3, -0.25) is 28.8 Å². The van der Waals surface area contributed by atoms with Crippen molar-refractivity contribution in [3.05, 3.63) is 29.8 Å². The standard InChI is InChI=1S/C24H35N5O8/c1-13(2)9-18(27-20(32)12-26-14(3)30)24(37)29(4)19(10-15-5-7-16(31)8-6-15)23(36)28-17(22(25)35)11-21(33)34/h5-8,13,17-19,31H,9-12H2,1-4H3,(H2,25,35)(H,26,30)(H,27,32)(H,28,36)(H,33,34). The molecule has 0 bridgehead atoms. The van der Waals surface area contributed by atoms with E-state index in [1.54, 1.807) is 0 Å². The average molecular weight is 522 g/mol. The lowest BCUT2D eigenvalue weighted by molar-refractivity contribution is -0.144. The lowest BCUT2D eigenvalue weighted by Crippen LogP contribution is -2.58. The Balaban J connectivity index is 3.26. The number of phenolic OH excluding ortho intramolecular Hbond substituents is 1. The number of rotatable bonds is 14. The molecule has 0 radical (unpaired) electrons. The van der Waals surface area contributed by atoms with Crippen LogP contribution < -0.4 is 21.7 Å². The van der Waals surface area contributed by atoms with Gasteiger partial charge in [-0.2, -0.15) is 0 Å². The summed E-state index contributed by atoms with van der Waals surface area (Å²) in [6, 6.07) is 2.09. The number of aromatic hydroxyl groups is 1. The SMILES string of the molecule is CC(=O)NCC(=O)NC(CC(C)C)C(=O)N(C)C(Cc1ccc(O)cc1)C(=O)NC(CC(=O)O)C(N)=O. The van der Waals surface area contributed by atoms with Crippen molar-refractivity contribution in [3.8, 4) is 5.75 Å². The summed E-state index contributed by atoms with van der Waals surface area (Å²) in [7, 11) is 1.34. The van der Waals surface area contributed by atoms with Gasteiger partial charge in [0.05, 0.1) is 13.0 Å². The molecule has 1 rings (SSSR count). The summed E-state index contributed by atoms with van der Waals surface area (Å²) in [6.45, 7) is 4.58. The number of phenols is 1. The van der Waals surface area contributed by atoms with Gasteiger partial charge in [-0.05, 0) is 30.0 Å². The second kappa shape index (κ2) is 14.4. The maximum Gasteiger partial charge on any atom is 0.305 e. The number of primary amides is 1. The number of hydrogen-bond acceptors (Lipinski definition) is 7. The van der Waals surface area contributed by atoms with Crippen LogP contribution >= 0.6 is 0 Å². The smallest absolute Gasteiger partial charge is 0.305 e. The topological polar surface area (TPSA) is 208 Å². The number of benzene rings is 1. The number of carbonyl (C=O) groups is 6. The van der Waals surface area contributed by atoms with Crippen LogP contribution in [-0.2, 0) is 35.2 Å². The van der Waals surface area contributed by atoms with E-state index in [1.807, 2.05) is 13.8 Å². The molecule has 3 atom stereocenters. The van der Waals surface area contributed by atoms with Gasteiger partial charge in [-0.15, -0.1) is 0 Å². The number of carboxylic acids is 1. The quantitative estimate of drug-likeness (QED) is 0.176. The Kier molecular flexibility index (Phi) is 12.0. The summed E-state index contributed by atoms with van der Waals surface area (Å²) >= 11 is 0. The van der Waals surface area contributed by atoms with E-state index in [2.05, 4.69) is 16.0 Å². The Hall–Kier alpha value is -4.16. The summed E-state index contributed by atoms with van der Waals surface area (Å²) in [6.07, 6.45) is -0.577. The third-order valence-corrected chi connectivity index (χ3v) is 5.36. The third-order valence-electron chi connectivity index (χ3n) is 5.36. The van der Waals surface area contributed by atoms with Gasteiger partial charge in [0.2, 0.25) is 29.5 Å². The van der Waals surface area contributed by atoms with Crippen LogP contribution in [0.15, 0.2) is 24.3 Å². The molecule has 0 fully saturated rings. The van der Waals surface area contributed by atoms with Gasteiger partial charge in [0, 0.05) is 20.4 Å². The highest BCUT2D eigenvalue weighted by Crippen LogP contribution is 2.16. The van der Waals surface area contributed by atoms with E-state index in [0.717, 1.165) is 4.90 Å². The van der Waals surface area contributed by atoms with Crippen molar-refractivity contribution in [2.24, 2.45) is 11.7 Å². The van der Waals surface area contributed by atoms with Crippen molar-refractivity contribution in [1.29, 1.82) is 0 Å². The number of likely N-dealkylation sites (N-methyl/N-ethyl adjacent to an activating group) is 1. The van der Waals surface area contributed by atoms with E-state index < -0.39 is 60.1 Å². The van der Waals surface area contributed by atoms with Crippen molar-refractivity contribution in [1.82, 2.24) is 20.9 Å². The lowest BCUT2D eigenvalue weighted by Gasteiger charge is -2.32. The first-order valence-electron chi connectivity index (χ1n) is 11.6. The number of carbonyl (C=O) groups excluding carboxylic acids is 5. The molecule has 1 aromatic carbocycles. The molecule has 13 heteroatoms. The minimum absolute atomic E-state index is 0.0108. The van der Waals surface area contributed by atoms with Gasteiger partial charge in [-0.1, -0.05) is 26.0 Å². The third kappa shape index (κ3) is 11.0. The van der Waals surface area contributed by atoms with Crippen LogP contribution in [0.3, 0.4) is 0 Å². The molecule has 0 saturated carbocycles. The Morgan fingerprint density at radius 2 is 1.59 bits per heavy atom. The summed E-state index contributed by atoms with van der Waals surface area (Å²) in [4.78, 5) is 74.0. The van der Waals surface area contributed by atoms with E-state index in [-0.39, 0.29) is 31.1 Å². The second-order valence-electron chi connectivity index (χ2n) is 9.06. The maximum absolute atomic E-state index is 13.5. The predicted octanol–water partition coefficient (Wildman–Crippen LogP) is -1.13. The highest BCUT2D eigenvalue weighted by Gasteiger charge is 2.34. The van der Waals surface area contributed by atoms with E-state index in [1.165, 1.54) is 38.2 Å². The molecule has 0 spiro atoms. The van der Waals surface area contributed by atoms with Crippen molar-refractivity contribution >= 4 is 35.5 Å². The van der Waals surface area contributed by atoms with E-state index in [4.69, 9.17) is 10.8 Å². The molecule has 7 N–H and O–H groups in total. The Labute approximate surface area is 214 Å². The van der Waals surface area contributed by atoms with Crippen LogP contribution in [0.5, 0.6) is 5.75 Å². The summed E-state index contributed by atoms with van der Waals surface area (Å²) in [5.74, 6) is -4.92. The molecule has 0 aliphatic heterocycles.